The first kappa shape index (κ1) is 21.0. The van der Waals surface area contributed by atoms with Gasteiger partial charge in [-0.1, -0.05) is 12.1 Å². The van der Waals surface area contributed by atoms with Crippen LogP contribution in [-0.2, 0) is 11.2 Å². The number of phenolic OH excluding ortho intramolecular Hbond substituents is 1. The number of nitro benzene ring substituents is 1. The number of benzene rings is 2. The Labute approximate surface area is 184 Å². The van der Waals surface area contributed by atoms with Crippen LogP contribution in [0.1, 0.15) is 22.4 Å². The molecule has 2 aromatic carbocycles. The summed E-state index contributed by atoms with van der Waals surface area (Å²) in [5.41, 5.74) is 6.09. The maximum Gasteiger partial charge on any atom is 0.271 e. The van der Waals surface area contributed by atoms with Crippen LogP contribution in [0.2, 0.25) is 0 Å². The molecule has 0 aliphatic carbocycles. The Morgan fingerprint density at radius 2 is 1.88 bits per heavy atom. The van der Waals surface area contributed by atoms with Gasteiger partial charge in [-0.05, 0) is 61.7 Å². The van der Waals surface area contributed by atoms with Crippen LogP contribution in [0.4, 0.5) is 11.4 Å². The molecule has 1 amide bonds. The zero-order valence-corrected chi connectivity index (χ0v) is 17.9. The quantitative estimate of drug-likeness (QED) is 0.270. The van der Waals surface area contributed by atoms with Gasteiger partial charge in [-0.2, -0.15) is 0 Å². The third kappa shape index (κ3) is 4.02. The van der Waals surface area contributed by atoms with E-state index in [2.05, 4.69) is 5.32 Å². The predicted octanol–water partition coefficient (Wildman–Crippen LogP) is 4.72. The second kappa shape index (κ2) is 8.14. The normalized spacial score (nSPS) is 11.0. The molecule has 0 unspecified atom stereocenters. The van der Waals surface area contributed by atoms with E-state index in [4.69, 9.17) is 4.98 Å². The topological polar surface area (TPSA) is 110 Å². The molecule has 8 heteroatoms. The molecule has 0 bridgehead atoms. The van der Waals surface area contributed by atoms with Gasteiger partial charge in [0.25, 0.3) is 5.69 Å². The summed E-state index contributed by atoms with van der Waals surface area (Å²) in [4.78, 5) is 28.1. The number of amides is 1. The SMILES string of the molecule is Cc1ccn2c(CC(=O)Nc3cc([N+](=O)[O-])ccc3O)c(-c3ccc(C)c(C)c3)nc2c1. The lowest BCUT2D eigenvalue weighted by Crippen LogP contribution is -2.16. The van der Waals surface area contributed by atoms with Crippen LogP contribution in [0.15, 0.2) is 54.7 Å². The number of phenols is 1. The number of nitrogens with one attached hydrogen (secondary N) is 1. The minimum absolute atomic E-state index is 0.0124. The van der Waals surface area contributed by atoms with Crippen LogP contribution in [0.25, 0.3) is 16.9 Å². The van der Waals surface area contributed by atoms with Crippen molar-refractivity contribution in [1.82, 2.24) is 9.38 Å². The van der Waals surface area contributed by atoms with E-state index in [1.807, 2.05) is 61.7 Å². The van der Waals surface area contributed by atoms with Gasteiger partial charge in [0.15, 0.2) is 0 Å². The molecular weight excluding hydrogens is 408 g/mol. The van der Waals surface area contributed by atoms with Crippen molar-refractivity contribution in [3.8, 4) is 17.0 Å². The van der Waals surface area contributed by atoms with Gasteiger partial charge in [0, 0.05) is 23.9 Å². The maximum atomic E-state index is 12.9. The minimum Gasteiger partial charge on any atom is -0.506 e. The molecule has 8 nitrogen and oxygen atoms in total. The van der Waals surface area contributed by atoms with Crippen LogP contribution >= 0.6 is 0 Å². The van der Waals surface area contributed by atoms with Gasteiger partial charge in [0.05, 0.1) is 28.4 Å². The van der Waals surface area contributed by atoms with Gasteiger partial charge < -0.3 is 14.8 Å². The van der Waals surface area contributed by atoms with Gasteiger partial charge in [-0.3, -0.25) is 14.9 Å². The number of hydrogen-bond donors (Lipinski definition) is 2. The molecule has 0 aliphatic heterocycles. The first-order chi connectivity index (χ1) is 15.2. The lowest BCUT2D eigenvalue weighted by molar-refractivity contribution is -0.384. The van der Waals surface area contributed by atoms with E-state index in [1.54, 1.807) is 0 Å². The third-order valence-corrected chi connectivity index (χ3v) is 5.45. The number of hydrogen-bond acceptors (Lipinski definition) is 5. The Bertz CT molecular complexity index is 1370. The summed E-state index contributed by atoms with van der Waals surface area (Å²) < 4.78 is 1.87. The molecule has 0 radical (unpaired) electrons. The zero-order valence-electron chi connectivity index (χ0n) is 17.9. The number of carbonyl (C=O) groups is 1. The first-order valence-corrected chi connectivity index (χ1v) is 10.1. The van der Waals surface area contributed by atoms with Gasteiger partial charge in [-0.25, -0.2) is 4.98 Å². The number of rotatable bonds is 5. The van der Waals surface area contributed by atoms with Gasteiger partial charge >= 0.3 is 0 Å². The number of nitro groups is 1. The summed E-state index contributed by atoms with van der Waals surface area (Å²) in [7, 11) is 0. The largest absolute Gasteiger partial charge is 0.506 e. The number of aromatic hydroxyl groups is 1. The lowest BCUT2D eigenvalue weighted by Gasteiger charge is -2.10. The van der Waals surface area contributed by atoms with E-state index in [9.17, 15) is 20.0 Å². The van der Waals surface area contributed by atoms with E-state index >= 15 is 0 Å². The Morgan fingerprint density at radius 3 is 2.59 bits per heavy atom. The summed E-state index contributed by atoms with van der Waals surface area (Å²) in [6.07, 6.45) is 1.84. The second-order valence-corrected chi connectivity index (χ2v) is 7.82. The number of non-ortho nitro benzene ring substituents is 1. The van der Waals surface area contributed by atoms with E-state index in [0.29, 0.717) is 11.4 Å². The molecule has 32 heavy (non-hydrogen) atoms. The highest BCUT2D eigenvalue weighted by Gasteiger charge is 2.19. The van der Waals surface area contributed by atoms with Gasteiger partial charge in [-0.15, -0.1) is 0 Å². The van der Waals surface area contributed by atoms with E-state index < -0.39 is 10.8 Å². The molecule has 0 fully saturated rings. The van der Waals surface area contributed by atoms with Crippen molar-refractivity contribution in [2.75, 3.05) is 5.32 Å². The zero-order chi connectivity index (χ0) is 23.0. The van der Waals surface area contributed by atoms with Crippen molar-refractivity contribution >= 4 is 22.9 Å². The van der Waals surface area contributed by atoms with Crippen molar-refractivity contribution in [3.05, 3.63) is 87.2 Å². The fourth-order valence-corrected chi connectivity index (χ4v) is 3.57. The van der Waals surface area contributed by atoms with E-state index in [-0.39, 0.29) is 23.5 Å². The summed E-state index contributed by atoms with van der Waals surface area (Å²) in [5, 5.41) is 23.6. The van der Waals surface area contributed by atoms with Crippen LogP contribution in [-0.4, -0.2) is 25.3 Å². The first-order valence-electron chi connectivity index (χ1n) is 10.1. The molecule has 4 rings (SSSR count). The number of anilines is 1. The van der Waals surface area contributed by atoms with Crippen molar-refractivity contribution < 1.29 is 14.8 Å². The van der Waals surface area contributed by atoms with Crippen molar-refractivity contribution in [3.63, 3.8) is 0 Å². The highest BCUT2D eigenvalue weighted by Crippen LogP contribution is 2.30. The number of imidazole rings is 1. The summed E-state index contributed by atoms with van der Waals surface area (Å²) in [5.74, 6) is -0.666. The molecule has 0 atom stereocenters. The van der Waals surface area contributed by atoms with Crippen LogP contribution < -0.4 is 5.32 Å². The number of aryl methyl sites for hydroxylation is 3. The second-order valence-electron chi connectivity index (χ2n) is 7.82. The number of aromatic nitrogens is 2. The van der Waals surface area contributed by atoms with E-state index in [1.165, 1.54) is 12.1 Å². The molecule has 2 N–H and O–H groups in total. The highest BCUT2D eigenvalue weighted by molar-refractivity contribution is 5.95. The predicted molar refractivity (Wildman–Crippen MR) is 122 cm³/mol. The Hall–Kier alpha value is -4.20. The molecule has 2 aromatic heterocycles. The lowest BCUT2D eigenvalue weighted by atomic mass is 10.0. The maximum absolute atomic E-state index is 12.9. The smallest absolute Gasteiger partial charge is 0.271 e. The number of nitrogens with zero attached hydrogens (tertiary/aromatic N) is 3. The Morgan fingerprint density at radius 1 is 1.09 bits per heavy atom. The number of pyridine rings is 1. The number of carbonyl (C=O) groups excluding carboxylic acids is 1. The van der Waals surface area contributed by atoms with Gasteiger partial charge in [0.2, 0.25) is 5.91 Å². The third-order valence-electron chi connectivity index (χ3n) is 5.45. The fraction of sp³-hybridized carbons (Fsp3) is 0.167. The van der Waals surface area contributed by atoms with Crippen molar-refractivity contribution in [2.45, 2.75) is 27.2 Å². The van der Waals surface area contributed by atoms with Crippen molar-refractivity contribution in [1.29, 1.82) is 0 Å². The summed E-state index contributed by atoms with van der Waals surface area (Å²) >= 11 is 0. The van der Waals surface area contributed by atoms with E-state index in [0.717, 1.165) is 34.0 Å². The molecule has 162 valence electrons. The molecule has 0 saturated carbocycles. The molecule has 0 aliphatic rings. The van der Waals surface area contributed by atoms with Crippen LogP contribution in [0, 0.1) is 30.9 Å². The monoisotopic (exact) mass is 430 g/mol. The highest BCUT2D eigenvalue weighted by atomic mass is 16.6. The Balaban J connectivity index is 1.73. The minimum atomic E-state index is -0.584. The van der Waals surface area contributed by atoms with Gasteiger partial charge in [0.1, 0.15) is 11.4 Å². The molecule has 2 heterocycles. The molecule has 0 saturated heterocycles. The molecule has 0 spiro atoms. The molecule has 4 aromatic rings. The summed E-state index contributed by atoms with van der Waals surface area (Å²) in [6, 6.07) is 13.4. The molecular formula is C24H22N4O4. The fourth-order valence-electron chi connectivity index (χ4n) is 3.57. The standard InChI is InChI=1S/C24H22N4O4/c1-14-8-9-27-20(13-23(30)25-19-12-18(28(31)32)6-7-21(19)29)24(26-22(27)10-14)17-5-4-15(2)16(3)11-17/h4-12,29H,13H2,1-3H3,(H,25,30). The summed E-state index contributed by atoms with van der Waals surface area (Å²) in [6.45, 7) is 6.03. The average Bonchev–Trinajstić information content (AvgIpc) is 3.08. The van der Waals surface area contributed by atoms with Crippen LogP contribution in [0.3, 0.4) is 0 Å². The van der Waals surface area contributed by atoms with Crippen LogP contribution in [0.5, 0.6) is 5.75 Å². The Kier molecular flexibility index (Phi) is 5.36. The number of fused-ring (bicyclic) bond motifs is 1. The van der Waals surface area contributed by atoms with Crippen molar-refractivity contribution in [2.24, 2.45) is 0 Å². The average molecular weight is 430 g/mol.